The summed E-state index contributed by atoms with van der Waals surface area (Å²) in [5.74, 6) is 1.000. The van der Waals surface area contributed by atoms with Gasteiger partial charge in [-0.3, -0.25) is 14.9 Å². The zero-order valence-corrected chi connectivity index (χ0v) is 17.5. The van der Waals surface area contributed by atoms with E-state index in [1.54, 1.807) is 18.6 Å². The van der Waals surface area contributed by atoms with Crippen LogP contribution in [0.4, 0.5) is 5.82 Å². The van der Waals surface area contributed by atoms with Crippen LogP contribution < -0.4 is 4.90 Å². The minimum atomic E-state index is 0.190. The van der Waals surface area contributed by atoms with E-state index in [1.807, 2.05) is 29.6 Å². The number of piperazine rings is 1. The Bertz CT molecular complexity index is 1170. The largest absolute Gasteiger partial charge is 0.395 e. The molecule has 3 aromatic heterocycles. The van der Waals surface area contributed by atoms with Crippen LogP contribution >= 0.6 is 0 Å². The SMILES string of the molecule is Cc1nn2c(N3CCN(CCO)CC3)cc(-c3cnccn3)nc2c1-c1ccccc1. The highest BCUT2D eigenvalue weighted by molar-refractivity contribution is 5.82. The highest BCUT2D eigenvalue weighted by atomic mass is 16.3. The Hall–Kier alpha value is -3.36. The summed E-state index contributed by atoms with van der Waals surface area (Å²) in [4.78, 5) is 18.3. The number of nitrogens with zero attached hydrogens (tertiary/aromatic N) is 7. The van der Waals surface area contributed by atoms with Gasteiger partial charge in [0.15, 0.2) is 5.65 Å². The lowest BCUT2D eigenvalue weighted by Gasteiger charge is -2.35. The lowest BCUT2D eigenvalue weighted by Crippen LogP contribution is -2.47. The Morgan fingerprint density at radius 1 is 1.00 bits per heavy atom. The van der Waals surface area contributed by atoms with Crippen molar-refractivity contribution in [3.8, 4) is 22.5 Å². The van der Waals surface area contributed by atoms with Gasteiger partial charge >= 0.3 is 0 Å². The van der Waals surface area contributed by atoms with E-state index < -0.39 is 0 Å². The van der Waals surface area contributed by atoms with Gasteiger partial charge in [-0.15, -0.1) is 0 Å². The van der Waals surface area contributed by atoms with Gasteiger partial charge in [0.25, 0.3) is 0 Å². The molecule has 8 heteroatoms. The zero-order valence-electron chi connectivity index (χ0n) is 17.5. The third kappa shape index (κ3) is 3.75. The molecule has 0 radical (unpaired) electrons. The molecule has 1 saturated heterocycles. The van der Waals surface area contributed by atoms with Crippen LogP contribution in [0.1, 0.15) is 5.69 Å². The zero-order chi connectivity index (χ0) is 21.2. The molecular formula is C23H25N7O. The lowest BCUT2D eigenvalue weighted by molar-refractivity contribution is 0.188. The Morgan fingerprint density at radius 2 is 1.81 bits per heavy atom. The fraction of sp³-hybridized carbons (Fsp3) is 0.304. The second kappa shape index (κ2) is 8.41. The van der Waals surface area contributed by atoms with E-state index in [1.165, 1.54) is 0 Å². The average Bonchev–Trinajstić information content (AvgIpc) is 3.16. The van der Waals surface area contributed by atoms with Crippen molar-refractivity contribution < 1.29 is 5.11 Å². The number of rotatable bonds is 5. The highest BCUT2D eigenvalue weighted by Crippen LogP contribution is 2.32. The number of aryl methyl sites for hydroxylation is 1. The molecule has 0 saturated carbocycles. The molecule has 1 N–H and O–H groups in total. The number of aromatic nitrogens is 5. The quantitative estimate of drug-likeness (QED) is 0.535. The van der Waals surface area contributed by atoms with Crippen molar-refractivity contribution in [2.45, 2.75) is 6.92 Å². The van der Waals surface area contributed by atoms with E-state index in [9.17, 15) is 5.11 Å². The number of aliphatic hydroxyl groups excluding tert-OH is 1. The second-order valence-corrected chi connectivity index (χ2v) is 7.70. The first kappa shape index (κ1) is 19.6. The number of fused-ring (bicyclic) bond motifs is 1. The van der Waals surface area contributed by atoms with Gasteiger partial charge in [0, 0.05) is 56.7 Å². The number of β-amino-alcohol motifs (C(OH)–C–C–N with tert-alkyl or cyclic N) is 1. The molecule has 0 atom stereocenters. The molecular weight excluding hydrogens is 390 g/mol. The maximum atomic E-state index is 9.26. The minimum Gasteiger partial charge on any atom is -0.395 e. The van der Waals surface area contributed by atoms with Crippen molar-refractivity contribution >= 4 is 11.5 Å². The van der Waals surface area contributed by atoms with Crippen molar-refractivity contribution in [1.82, 2.24) is 29.5 Å². The minimum absolute atomic E-state index is 0.190. The van der Waals surface area contributed by atoms with Crippen LogP contribution in [-0.4, -0.2) is 73.9 Å². The number of hydrogen-bond donors (Lipinski definition) is 1. The maximum absolute atomic E-state index is 9.26. The molecule has 4 heterocycles. The van der Waals surface area contributed by atoms with Crippen molar-refractivity contribution in [1.29, 1.82) is 0 Å². The molecule has 0 unspecified atom stereocenters. The van der Waals surface area contributed by atoms with E-state index in [2.05, 4.69) is 38.0 Å². The van der Waals surface area contributed by atoms with Gasteiger partial charge in [-0.2, -0.15) is 9.61 Å². The standard InChI is InChI=1S/C23H25N7O/c1-17-22(18-5-3-2-4-6-18)23-26-19(20-16-24-7-8-25-20)15-21(30(23)27-17)29-11-9-28(10-12-29)13-14-31/h2-8,15-16,31H,9-14H2,1H3. The Labute approximate surface area is 180 Å². The molecule has 0 spiro atoms. The first-order valence-electron chi connectivity index (χ1n) is 10.5. The van der Waals surface area contributed by atoms with Crippen molar-refractivity contribution in [2.24, 2.45) is 0 Å². The summed E-state index contributed by atoms with van der Waals surface area (Å²) in [5.41, 5.74) is 5.41. The van der Waals surface area contributed by atoms with Gasteiger partial charge < -0.3 is 10.0 Å². The summed E-state index contributed by atoms with van der Waals surface area (Å²) in [6.45, 7) is 6.45. The molecule has 0 amide bonds. The van der Waals surface area contributed by atoms with Crippen LogP contribution in [-0.2, 0) is 0 Å². The Morgan fingerprint density at radius 3 is 2.52 bits per heavy atom. The molecule has 0 bridgehead atoms. The number of anilines is 1. The van der Waals surface area contributed by atoms with Crippen LogP contribution in [0.15, 0.2) is 55.0 Å². The molecule has 0 aliphatic carbocycles. The Kier molecular flexibility index (Phi) is 5.31. The summed E-state index contributed by atoms with van der Waals surface area (Å²) in [5, 5.41) is 14.1. The first-order chi connectivity index (χ1) is 15.2. The number of hydrogen-bond acceptors (Lipinski definition) is 7. The van der Waals surface area contributed by atoms with Crippen molar-refractivity contribution in [3.05, 3.63) is 60.7 Å². The van der Waals surface area contributed by atoms with Crippen molar-refractivity contribution in [2.75, 3.05) is 44.2 Å². The normalized spacial score (nSPS) is 15.0. The monoisotopic (exact) mass is 415 g/mol. The first-order valence-corrected chi connectivity index (χ1v) is 10.5. The lowest BCUT2D eigenvalue weighted by atomic mass is 10.1. The van der Waals surface area contributed by atoms with Gasteiger partial charge in [0.2, 0.25) is 0 Å². The summed E-state index contributed by atoms with van der Waals surface area (Å²) < 4.78 is 1.96. The topological polar surface area (TPSA) is 82.7 Å². The van der Waals surface area contributed by atoms with Gasteiger partial charge in [0.1, 0.15) is 11.5 Å². The molecule has 1 aliphatic rings. The average molecular weight is 416 g/mol. The van der Waals surface area contributed by atoms with E-state index >= 15 is 0 Å². The summed E-state index contributed by atoms with van der Waals surface area (Å²) in [6, 6.07) is 12.3. The summed E-state index contributed by atoms with van der Waals surface area (Å²) in [6.07, 6.45) is 5.10. The molecule has 4 aromatic rings. The van der Waals surface area contributed by atoms with Gasteiger partial charge in [-0.1, -0.05) is 30.3 Å². The van der Waals surface area contributed by atoms with Gasteiger partial charge in [0.05, 0.1) is 24.2 Å². The van der Waals surface area contributed by atoms with Crippen LogP contribution in [0.2, 0.25) is 0 Å². The fourth-order valence-electron chi connectivity index (χ4n) is 4.18. The highest BCUT2D eigenvalue weighted by Gasteiger charge is 2.23. The second-order valence-electron chi connectivity index (χ2n) is 7.70. The smallest absolute Gasteiger partial charge is 0.166 e. The van der Waals surface area contributed by atoms with E-state index in [0.29, 0.717) is 6.54 Å². The summed E-state index contributed by atoms with van der Waals surface area (Å²) in [7, 11) is 0. The van der Waals surface area contributed by atoms with Crippen LogP contribution in [0, 0.1) is 6.92 Å². The molecule has 31 heavy (non-hydrogen) atoms. The number of benzene rings is 1. The third-order valence-corrected chi connectivity index (χ3v) is 5.75. The molecule has 5 rings (SSSR count). The number of aliphatic hydroxyl groups is 1. The van der Waals surface area contributed by atoms with Crippen LogP contribution in [0.3, 0.4) is 0 Å². The van der Waals surface area contributed by atoms with Gasteiger partial charge in [-0.05, 0) is 12.5 Å². The molecule has 8 nitrogen and oxygen atoms in total. The van der Waals surface area contributed by atoms with Crippen LogP contribution in [0.5, 0.6) is 0 Å². The molecule has 158 valence electrons. The maximum Gasteiger partial charge on any atom is 0.166 e. The molecule has 1 fully saturated rings. The predicted molar refractivity (Wildman–Crippen MR) is 120 cm³/mol. The molecule has 1 aromatic carbocycles. The Balaban J connectivity index is 1.66. The van der Waals surface area contributed by atoms with Gasteiger partial charge in [-0.25, -0.2) is 4.98 Å². The van der Waals surface area contributed by atoms with Crippen LogP contribution in [0.25, 0.3) is 28.2 Å². The van der Waals surface area contributed by atoms with Crippen molar-refractivity contribution in [3.63, 3.8) is 0 Å². The third-order valence-electron chi connectivity index (χ3n) is 5.75. The molecule has 1 aliphatic heterocycles. The fourth-order valence-corrected chi connectivity index (χ4v) is 4.18. The predicted octanol–water partition coefficient (Wildman–Crippen LogP) is 2.28. The van der Waals surface area contributed by atoms with E-state index in [4.69, 9.17) is 10.1 Å². The summed E-state index contributed by atoms with van der Waals surface area (Å²) >= 11 is 0. The van der Waals surface area contributed by atoms with E-state index in [-0.39, 0.29) is 6.61 Å². The van der Waals surface area contributed by atoms with E-state index in [0.717, 1.165) is 65.9 Å².